The van der Waals surface area contributed by atoms with E-state index >= 15 is 0 Å². The Hall–Kier alpha value is -2.91. The minimum absolute atomic E-state index is 0.185. The minimum Gasteiger partial charge on any atom is -0.358 e. The molecule has 0 aliphatic heterocycles. The van der Waals surface area contributed by atoms with E-state index in [-0.39, 0.29) is 16.7 Å². The molecule has 3 rings (SSSR count). The molecule has 1 amide bonds. The highest BCUT2D eigenvalue weighted by Crippen LogP contribution is 2.24. The first-order chi connectivity index (χ1) is 13.3. The second-order valence-corrected chi connectivity index (χ2v) is 6.94. The highest BCUT2D eigenvalue weighted by Gasteiger charge is 2.25. The molecule has 3 aromatic rings. The van der Waals surface area contributed by atoms with Gasteiger partial charge in [0.15, 0.2) is 5.82 Å². The van der Waals surface area contributed by atoms with Crippen LogP contribution < -0.4 is 5.32 Å². The number of hydrogen-bond acceptors (Lipinski definition) is 5. The zero-order chi connectivity index (χ0) is 20.4. The van der Waals surface area contributed by atoms with Crippen molar-refractivity contribution in [2.75, 3.05) is 5.32 Å². The van der Waals surface area contributed by atoms with Crippen LogP contribution in [-0.2, 0) is 11.3 Å². The predicted molar refractivity (Wildman–Crippen MR) is 105 cm³/mol. The van der Waals surface area contributed by atoms with Crippen LogP contribution in [0.5, 0.6) is 0 Å². The van der Waals surface area contributed by atoms with Crippen LogP contribution in [0.25, 0.3) is 0 Å². The van der Waals surface area contributed by atoms with Crippen LogP contribution in [0.1, 0.15) is 24.2 Å². The number of nitrogens with one attached hydrogen (secondary N) is 1. The number of halogens is 2. The lowest BCUT2D eigenvalue weighted by Gasteiger charge is -2.10. The van der Waals surface area contributed by atoms with Crippen LogP contribution in [-0.4, -0.2) is 30.4 Å². The lowest BCUT2D eigenvalue weighted by molar-refractivity contribution is -0.389. The number of anilines is 1. The zero-order valence-electron chi connectivity index (χ0n) is 15.0. The Morgan fingerprint density at radius 3 is 2.64 bits per heavy atom. The maximum absolute atomic E-state index is 12.5. The normalized spacial score (nSPS) is 12.0. The molecule has 2 aromatic heterocycles. The van der Waals surface area contributed by atoms with Crippen molar-refractivity contribution in [1.82, 2.24) is 19.6 Å². The second-order valence-electron chi connectivity index (χ2n) is 6.13. The lowest BCUT2D eigenvalue weighted by Crippen LogP contribution is -2.25. The minimum atomic E-state index is -0.793. The maximum atomic E-state index is 12.5. The average Bonchev–Trinajstić information content (AvgIpc) is 3.19. The number of aryl methyl sites for hydroxylation is 1. The van der Waals surface area contributed by atoms with Crippen molar-refractivity contribution in [1.29, 1.82) is 0 Å². The molecular weight excluding hydrogens is 407 g/mol. The molecule has 11 heteroatoms. The molecule has 1 atom stereocenters. The van der Waals surface area contributed by atoms with Gasteiger partial charge in [-0.15, -0.1) is 0 Å². The highest BCUT2D eigenvalue weighted by molar-refractivity contribution is 6.33. The molecule has 0 aliphatic carbocycles. The van der Waals surface area contributed by atoms with Gasteiger partial charge >= 0.3 is 5.82 Å². The number of carbonyl (C=O) groups excluding carboxylic acids is 1. The number of nitro groups is 1. The van der Waals surface area contributed by atoms with Gasteiger partial charge in [-0.2, -0.15) is 9.78 Å². The summed E-state index contributed by atoms with van der Waals surface area (Å²) in [7, 11) is 0. The monoisotopic (exact) mass is 422 g/mol. The highest BCUT2D eigenvalue weighted by atomic mass is 35.5. The fourth-order valence-electron chi connectivity index (χ4n) is 2.65. The van der Waals surface area contributed by atoms with Crippen molar-refractivity contribution in [3.8, 4) is 0 Å². The maximum Gasteiger partial charge on any atom is 0.390 e. The first kappa shape index (κ1) is 19.8. The van der Waals surface area contributed by atoms with E-state index in [1.165, 1.54) is 10.7 Å². The van der Waals surface area contributed by atoms with E-state index in [2.05, 4.69) is 15.5 Å². The fraction of sp³-hybridized carbons (Fsp3) is 0.235. The number of amides is 1. The van der Waals surface area contributed by atoms with E-state index in [1.54, 1.807) is 30.8 Å². The van der Waals surface area contributed by atoms with Crippen molar-refractivity contribution in [3.63, 3.8) is 0 Å². The van der Waals surface area contributed by atoms with E-state index < -0.39 is 16.9 Å². The van der Waals surface area contributed by atoms with E-state index in [0.29, 0.717) is 17.3 Å². The summed E-state index contributed by atoms with van der Waals surface area (Å²) in [4.78, 5) is 22.8. The Morgan fingerprint density at radius 2 is 2.00 bits per heavy atom. The number of carbonyl (C=O) groups is 1. The summed E-state index contributed by atoms with van der Waals surface area (Å²) < 4.78 is 2.84. The van der Waals surface area contributed by atoms with Crippen LogP contribution in [0.15, 0.2) is 36.5 Å². The summed E-state index contributed by atoms with van der Waals surface area (Å²) in [5, 5.41) is 22.5. The molecule has 2 heterocycles. The summed E-state index contributed by atoms with van der Waals surface area (Å²) in [5.74, 6) is -0.588. The third-order valence-electron chi connectivity index (χ3n) is 4.09. The molecule has 0 aliphatic rings. The van der Waals surface area contributed by atoms with Crippen LogP contribution in [0.3, 0.4) is 0 Å². The van der Waals surface area contributed by atoms with Gasteiger partial charge in [-0.3, -0.25) is 9.48 Å². The SMILES string of the molecule is Cc1cc([N+](=O)[O-])nn1C(C)C(=O)Nc1nn(Cc2ccccc2Cl)cc1Cl. The van der Waals surface area contributed by atoms with Crippen LogP contribution in [0.2, 0.25) is 10.0 Å². The molecule has 0 spiro atoms. The van der Waals surface area contributed by atoms with Crippen molar-refractivity contribution in [2.24, 2.45) is 0 Å². The molecule has 1 aromatic carbocycles. The molecular formula is C17H16Cl2N6O3. The molecule has 146 valence electrons. The average molecular weight is 423 g/mol. The second kappa shape index (κ2) is 7.99. The Balaban J connectivity index is 1.75. The van der Waals surface area contributed by atoms with Gasteiger partial charge in [-0.25, -0.2) is 0 Å². The molecule has 1 N–H and O–H groups in total. The molecule has 0 fully saturated rings. The molecule has 28 heavy (non-hydrogen) atoms. The van der Waals surface area contributed by atoms with Gasteiger partial charge in [0.05, 0.1) is 23.4 Å². The van der Waals surface area contributed by atoms with Gasteiger partial charge in [0.2, 0.25) is 0 Å². The molecule has 0 radical (unpaired) electrons. The Morgan fingerprint density at radius 1 is 1.29 bits per heavy atom. The third kappa shape index (κ3) is 4.15. The van der Waals surface area contributed by atoms with Crippen LogP contribution >= 0.6 is 23.2 Å². The van der Waals surface area contributed by atoms with Crippen molar-refractivity contribution < 1.29 is 9.72 Å². The van der Waals surface area contributed by atoms with Gasteiger partial charge < -0.3 is 15.4 Å². The van der Waals surface area contributed by atoms with Gasteiger partial charge in [0, 0.05) is 11.2 Å². The van der Waals surface area contributed by atoms with Crippen molar-refractivity contribution >= 4 is 40.7 Å². The van der Waals surface area contributed by atoms with Crippen molar-refractivity contribution in [2.45, 2.75) is 26.4 Å². The van der Waals surface area contributed by atoms with E-state index in [0.717, 1.165) is 5.56 Å². The fourth-order valence-corrected chi connectivity index (χ4v) is 3.04. The first-order valence-corrected chi connectivity index (χ1v) is 8.99. The van der Waals surface area contributed by atoms with Gasteiger partial charge in [0.1, 0.15) is 11.1 Å². The molecule has 0 saturated carbocycles. The lowest BCUT2D eigenvalue weighted by atomic mass is 10.2. The summed E-state index contributed by atoms with van der Waals surface area (Å²) >= 11 is 12.3. The van der Waals surface area contributed by atoms with Gasteiger partial charge in [0.25, 0.3) is 5.91 Å². The van der Waals surface area contributed by atoms with E-state index in [1.807, 2.05) is 18.2 Å². The van der Waals surface area contributed by atoms with Crippen LogP contribution in [0.4, 0.5) is 11.6 Å². The summed E-state index contributed by atoms with van der Waals surface area (Å²) in [6, 6.07) is 7.84. The van der Waals surface area contributed by atoms with Gasteiger partial charge in [-0.1, -0.05) is 41.4 Å². The smallest absolute Gasteiger partial charge is 0.358 e. The number of hydrogen-bond donors (Lipinski definition) is 1. The largest absolute Gasteiger partial charge is 0.390 e. The molecule has 9 nitrogen and oxygen atoms in total. The standard InChI is InChI=1S/C17H16Cl2N6O3/c1-10-7-15(25(27)28)21-24(10)11(2)17(26)20-16-14(19)9-23(22-16)8-12-5-3-4-6-13(12)18/h3-7,9,11H,8H2,1-2H3,(H,20,22,26). The third-order valence-corrected chi connectivity index (χ3v) is 4.74. The molecule has 0 bridgehead atoms. The number of benzene rings is 1. The zero-order valence-corrected chi connectivity index (χ0v) is 16.5. The summed E-state index contributed by atoms with van der Waals surface area (Å²) in [5.41, 5.74) is 1.35. The van der Waals surface area contributed by atoms with E-state index in [9.17, 15) is 14.9 Å². The number of aromatic nitrogens is 4. The Labute approximate surface area is 170 Å². The predicted octanol–water partition coefficient (Wildman–Crippen LogP) is 3.85. The van der Waals surface area contributed by atoms with Gasteiger partial charge in [-0.05, 0) is 30.4 Å². The first-order valence-electron chi connectivity index (χ1n) is 8.24. The summed E-state index contributed by atoms with van der Waals surface area (Å²) in [6.07, 6.45) is 1.58. The number of nitrogens with zero attached hydrogens (tertiary/aromatic N) is 5. The quantitative estimate of drug-likeness (QED) is 0.479. The Kier molecular flexibility index (Phi) is 5.66. The number of rotatable bonds is 6. The Bertz CT molecular complexity index is 1050. The molecule has 0 saturated heterocycles. The van der Waals surface area contributed by atoms with Crippen LogP contribution in [0, 0.1) is 17.0 Å². The summed E-state index contributed by atoms with van der Waals surface area (Å²) in [6.45, 7) is 3.60. The molecule has 1 unspecified atom stereocenters. The van der Waals surface area contributed by atoms with Crippen molar-refractivity contribution in [3.05, 3.63) is 67.9 Å². The van der Waals surface area contributed by atoms with E-state index in [4.69, 9.17) is 23.2 Å². The topological polar surface area (TPSA) is 108 Å².